The van der Waals surface area contributed by atoms with E-state index in [0.29, 0.717) is 12.5 Å². The van der Waals surface area contributed by atoms with E-state index in [1.165, 1.54) is 11.1 Å². The minimum Gasteiger partial charge on any atom is -0.338 e. The third kappa shape index (κ3) is 5.19. The predicted molar refractivity (Wildman–Crippen MR) is 137 cm³/mol. The van der Waals surface area contributed by atoms with Gasteiger partial charge in [-0.25, -0.2) is 4.68 Å². The summed E-state index contributed by atoms with van der Waals surface area (Å²) in [5.74, 6) is 0.347. The van der Waals surface area contributed by atoms with Gasteiger partial charge in [-0.1, -0.05) is 42.5 Å². The number of aromatic nitrogens is 2. The Morgan fingerprint density at radius 1 is 0.941 bits per heavy atom. The number of hydrogen-bond acceptors (Lipinski definition) is 4. The van der Waals surface area contributed by atoms with Gasteiger partial charge in [-0.3, -0.25) is 4.79 Å². The zero-order valence-electron chi connectivity index (χ0n) is 19.6. The second-order valence-electron chi connectivity index (χ2n) is 9.52. The number of carbonyl (C=O) groups excluding carboxylic acids is 1. The molecule has 3 aromatic rings. The molecule has 2 aliphatic rings. The Labute approximate surface area is 208 Å². The van der Waals surface area contributed by atoms with Gasteiger partial charge in [-0.2, -0.15) is 5.10 Å². The summed E-state index contributed by atoms with van der Waals surface area (Å²) < 4.78 is 1.85. The lowest BCUT2D eigenvalue weighted by Crippen LogP contribution is -2.45. The van der Waals surface area contributed by atoms with Gasteiger partial charge in [0, 0.05) is 31.5 Å². The number of nitrogens with two attached hydrogens (primary N) is 1. The Bertz CT molecular complexity index is 1050. The lowest BCUT2D eigenvalue weighted by Gasteiger charge is -2.38. The number of amides is 1. The zero-order chi connectivity index (χ0) is 22.7. The second-order valence-corrected chi connectivity index (χ2v) is 9.52. The van der Waals surface area contributed by atoms with Gasteiger partial charge in [0.15, 0.2) is 0 Å². The molecule has 0 radical (unpaired) electrons. The van der Waals surface area contributed by atoms with E-state index < -0.39 is 0 Å². The first-order valence-electron chi connectivity index (χ1n) is 12.0. The van der Waals surface area contributed by atoms with Crippen LogP contribution in [-0.4, -0.2) is 51.7 Å². The largest absolute Gasteiger partial charge is 0.338 e. The van der Waals surface area contributed by atoms with Crippen LogP contribution in [0.5, 0.6) is 0 Å². The molecular weight excluding hydrogens is 446 g/mol. The highest BCUT2D eigenvalue weighted by Crippen LogP contribution is 2.42. The van der Waals surface area contributed by atoms with Gasteiger partial charge in [0.1, 0.15) is 0 Å². The molecule has 2 fully saturated rings. The lowest BCUT2D eigenvalue weighted by molar-refractivity contribution is -0.138. The Balaban J connectivity index is 0.00000274. The standard InChI is InChI=1S/C27H33N5O.ClH/c28-25(23-5-2-1-3-6-23)11-17-30-18-12-27(13-19-30)14-20-31(26(27)33)21-22-7-9-24(10-8-22)32-16-4-15-29-32;/h1-10,15-16,25H,11-14,17-21,28H2;1H/t25-;/m0./s1. The second kappa shape index (κ2) is 10.7. The van der Waals surface area contributed by atoms with Gasteiger partial charge < -0.3 is 15.5 Å². The first kappa shape index (κ1) is 24.5. The maximum atomic E-state index is 13.4. The van der Waals surface area contributed by atoms with Gasteiger partial charge in [0.2, 0.25) is 5.91 Å². The number of carbonyl (C=O) groups is 1. The fraction of sp³-hybridized carbons (Fsp3) is 0.407. The Kier molecular flexibility index (Phi) is 7.71. The van der Waals surface area contributed by atoms with Crippen LogP contribution in [0.2, 0.25) is 0 Å². The van der Waals surface area contributed by atoms with Crippen molar-refractivity contribution in [3.8, 4) is 5.69 Å². The third-order valence-electron chi connectivity index (χ3n) is 7.48. The van der Waals surface area contributed by atoms with Crippen molar-refractivity contribution >= 4 is 18.3 Å². The Morgan fingerprint density at radius 2 is 1.65 bits per heavy atom. The van der Waals surface area contributed by atoms with Crippen molar-refractivity contribution in [2.45, 2.75) is 38.3 Å². The quantitative estimate of drug-likeness (QED) is 0.551. The van der Waals surface area contributed by atoms with Crippen molar-refractivity contribution in [2.24, 2.45) is 11.1 Å². The molecule has 7 heteroatoms. The monoisotopic (exact) mass is 479 g/mol. The maximum Gasteiger partial charge on any atom is 0.229 e. The van der Waals surface area contributed by atoms with Crippen LogP contribution in [0, 0.1) is 5.41 Å². The van der Waals surface area contributed by atoms with Crippen LogP contribution < -0.4 is 5.73 Å². The minimum absolute atomic E-state index is 0. The predicted octanol–water partition coefficient (Wildman–Crippen LogP) is 4.20. The molecule has 1 aromatic heterocycles. The van der Waals surface area contributed by atoms with E-state index in [1.54, 1.807) is 6.20 Å². The highest BCUT2D eigenvalue weighted by molar-refractivity contribution is 5.85. The summed E-state index contributed by atoms with van der Waals surface area (Å²) in [6.45, 7) is 4.51. The van der Waals surface area contributed by atoms with Gasteiger partial charge in [-0.05, 0) is 74.6 Å². The average Bonchev–Trinajstić information content (AvgIpc) is 3.50. The molecule has 2 saturated heterocycles. The van der Waals surface area contributed by atoms with Crippen LogP contribution >= 0.6 is 12.4 Å². The molecular formula is C27H34ClN5O. The van der Waals surface area contributed by atoms with E-state index in [1.807, 2.05) is 35.1 Å². The molecule has 1 spiro atoms. The highest BCUT2D eigenvalue weighted by atomic mass is 35.5. The molecule has 0 bridgehead atoms. The van der Waals surface area contributed by atoms with E-state index in [4.69, 9.17) is 5.73 Å². The van der Waals surface area contributed by atoms with Crippen molar-refractivity contribution in [2.75, 3.05) is 26.2 Å². The van der Waals surface area contributed by atoms with Crippen molar-refractivity contribution in [3.05, 3.63) is 84.2 Å². The maximum absolute atomic E-state index is 13.4. The smallest absolute Gasteiger partial charge is 0.229 e. The topological polar surface area (TPSA) is 67.4 Å². The summed E-state index contributed by atoms with van der Waals surface area (Å²) >= 11 is 0. The normalized spacial score (nSPS) is 18.7. The molecule has 180 valence electrons. The average molecular weight is 480 g/mol. The van der Waals surface area contributed by atoms with Crippen LogP contribution in [0.1, 0.15) is 42.9 Å². The molecule has 2 N–H and O–H groups in total. The van der Waals surface area contributed by atoms with Gasteiger partial charge >= 0.3 is 0 Å². The fourth-order valence-electron chi connectivity index (χ4n) is 5.30. The van der Waals surface area contributed by atoms with E-state index in [0.717, 1.165) is 57.5 Å². The van der Waals surface area contributed by atoms with Crippen molar-refractivity contribution in [3.63, 3.8) is 0 Å². The number of hydrogen-bond donors (Lipinski definition) is 1. The summed E-state index contributed by atoms with van der Waals surface area (Å²) in [6.07, 6.45) is 7.56. The van der Waals surface area contributed by atoms with Crippen LogP contribution in [0.25, 0.3) is 5.69 Å². The van der Waals surface area contributed by atoms with Crippen LogP contribution in [-0.2, 0) is 11.3 Å². The SMILES string of the molecule is Cl.N[C@@H](CCN1CCC2(CC1)CCN(Cc1ccc(-n3cccn3)cc1)C2=O)c1ccccc1. The summed E-state index contributed by atoms with van der Waals surface area (Å²) in [5, 5.41) is 4.27. The summed E-state index contributed by atoms with van der Waals surface area (Å²) in [5.41, 5.74) is 9.63. The molecule has 0 unspecified atom stereocenters. The summed E-state index contributed by atoms with van der Waals surface area (Å²) in [7, 11) is 0. The first-order chi connectivity index (χ1) is 16.1. The lowest BCUT2D eigenvalue weighted by atomic mass is 9.77. The van der Waals surface area contributed by atoms with Crippen LogP contribution in [0.15, 0.2) is 73.1 Å². The molecule has 1 atom stereocenters. The molecule has 2 aromatic carbocycles. The summed E-state index contributed by atoms with van der Waals surface area (Å²) in [4.78, 5) is 17.9. The highest BCUT2D eigenvalue weighted by Gasteiger charge is 2.47. The van der Waals surface area contributed by atoms with Crippen molar-refractivity contribution in [1.29, 1.82) is 0 Å². The molecule has 1 amide bonds. The van der Waals surface area contributed by atoms with Gasteiger partial charge in [0.25, 0.3) is 0 Å². The molecule has 34 heavy (non-hydrogen) atoms. The summed E-state index contributed by atoms with van der Waals surface area (Å²) in [6, 6.07) is 20.7. The number of piperidine rings is 1. The minimum atomic E-state index is -0.160. The Hall–Kier alpha value is -2.67. The van der Waals surface area contributed by atoms with Gasteiger partial charge in [-0.15, -0.1) is 12.4 Å². The molecule has 0 saturated carbocycles. The van der Waals surface area contributed by atoms with Crippen LogP contribution in [0.3, 0.4) is 0 Å². The van der Waals surface area contributed by atoms with E-state index in [9.17, 15) is 4.79 Å². The first-order valence-corrected chi connectivity index (χ1v) is 12.0. The van der Waals surface area contributed by atoms with Gasteiger partial charge in [0.05, 0.1) is 11.1 Å². The fourth-order valence-corrected chi connectivity index (χ4v) is 5.30. The van der Waals surface area contributed by atoms with E-state index in [2.05, 4.69) is 51.3 Å². The number of halogens is 1. The molecule has 3 heterocycles. The van der Waals surface area contributed by atoms with E-state index >= 15 is 0 Å². The molecule has 2 aliphatic heterocycles. The van der Waals surface area contributed by atoms with Crippen molar-refractivity contribution in [1.82, 2.24) is 19.6 Å². The Morgan fingerprint density at radius 3 is 2.32 bits per heavy atom. The van der Waals surface area contributed by atoms with E-state index in [-0.39, 0.29) is 23.9 Å². The number of nitrogens with zero attached hydrogens (tertiary/aromatic N) is 4. The molecule has 5 rings (SSSR count). The van der Waals surface area contributed by atoms with Crippen molar-refractivity contribution < 1.29 is 4.79 Å². The number of rotatable bonds is 7. The number of benzene rings is 2. The third-order valence-corrected chi connectivity index (χ3v) is 7.48. The number of likely N-dealkylation sites (tertiary alicyclic amines) is 2. The van der Waals surface area contributed by atoms with Crippen LogP contribution in [0.4, 0.5) is 0 Å². The molecule has 6 nitrogen and oxygen atoms in total. The zero-order valence-corrected chi connectivity index (χ0v) is 20.4. The molecule has 0 aliphatic carbocycles.